The second kappa shape index (κ2) is 7.86. The van der Waals surface area contributed by atoms with Gasteiger partial charge in [0.15, 0.2) is 0 Å². The molecule has 0 aromatic heterocycles. The quantitative estimate of drug-likeness (QED) is 0.625. The predicted molar refractivity (Wildman–Crippen MR) is 100 cm³/mol. The van der Waals surface area contributed by atoms with Gasteiger partial charge in [-0.3, -0.25) is 14.9 Å². The standard InChI is InChI=1S/C19H20N4O4/c1-13(14-5-3-2-4-6-14)22-12-16(11-18(22)24)21-19(25)20-15-7-9-17(10-8-15)23(26)27/h2-10,13,16H,11-12H2,1H3,(H2,20,21,25). The highest BCUT2D eigenvalue weighted by atomic mass is 16.6. The third kappa shape index (κ3) is 4.41. The molecule has 8 nitrogen and oxygen atoms in total. The van der Waals surface area contributed by atoms with Crippen molar-refractivity contribution in [3.05, 3.63) is 70.3 Å². The maximum atomic E-state index is 12.3. The van der Waals surface area contributed by atoms with Crippen LogP contribution >= 0.6 is 0 Å². The zero-order chi connectivity index (χ0) is 19.4. The highest BCUT2D eigenvalue weighted by Gasteiger charge is 2.33. The predicted octanol–water partition coefficient (Wildman–Crippen LogP) is 3.08. The lowest BCUT2D eigenvalue weighted by Crippen LogP contribution is -2.40. The summed E-state index contributed by atoms with van der Waals surface area (Å²) in [6.07, 6.45) is 0.241. The number of hydrogen-bond acceptors (Lipinski definition) is 4. The topological polar surface area (TPSA) is 105 Å². The van der Waals surface area contributed by atoms with Gasteiger partial charge in [-0.1, -0.05) is 30.3 Å². The molecule has 0 spiro atoms. The second-order valence-corrected chi connectivity index (χ2v) is 6.44. The molecule has 3 rings (SSSR count). The third-order valence-electron chi connectivity index (χ3n) is 4.58. The van der Waals surface area contributed by atoms with Gasteiger partial charge in [0.25, 0.3) is 5.69 Å². The maximum Gasteiger partial charge on any atom is 0.319 e. The minimum absolute atomic E-state index is 0.00742. The molecule has 2 atom stereocenters. The van der Waals surface area contributed by atoms with Gasteiger partial charge in [0.1, 0.15) is 0 Å². The van der Waals surface area contributed by atoms with Crippen LogP contribution < -0.4 is 10.6 Å². The first-order valence-corrected chi connectivity index (χ1v) is 8.60. The largest absolute Gasteiger partial charge is 0.334 e. The number of nitrogens with one attached hydrogen (secondary N) is 2. The van der Waals surface area contributed by atoms with E-state index in [9.17, 15) is 19.7 Å². The number of carbonyl (C=O) groups excluding carboxylic acids is 2. The monoisotopic (exact) mass is 368 g/mol. The van der Waals surface area contributed by atoms with Crippen molar-refractivity contribution >= 4 is 23.3 Å². The zero-order valence-corrected chi connectivity index (χ0v) is 14.8. The molecule has 27 heavy (non-hydrogen) atoms. The Labute approximate surface area is 156 Å². The summed E-state index contributed by atoms with van der Waals surface area (Å²) in [5.41, 5.74) is 1.44. The number of nitro benzene ring substituents is 1. The first kappa shape index (κ1) is 18.4. The summed E-state index contributed by atoms with van der Waals surface area (Å²) in [5, 5.41) is 16.1. The van der Waals surface area contributed by atoms with Gasteiger partial charge in [-0.15, -0.1) is 0 Å². The van der Waals surface area contributed by atoms with Crippen LogP contribution in [0.3, 0.4) is 0 Å². The van der Waals surface area contributed by atoms with Crippen molar-refractivity contribution < 1.29 is 14.5 Å². The van der Waals surface area contributed by atoms with Crippen molar-refractivity contribution in [2.45, 2.75) is 25.4 Å². The van der Waals surface area contributed by atoms with Crippen LogP contribution in [0.4, 0.5) is 16.2 Å². The van der Waals surface area contributed by atoms with Crippen molar-refractivity contribution in [2.24, 2.45) is 0 Å². The molecule has 140 valence electrons. The summed E-state index contributed by atoms with van der Waals surface area (Å²) in [6, 6.07) is 14.5. The lowest BCUT2D eigenvalue weighted by molar-refractivity contribution is -0.384. The van der Waals surface area contributed by atoms with E-state index in [0.717, 1.165) is 5.56 Å². The minimum Gasteiger partial charge on any atom is -0.334 e. The van der Waals surface area contributed by atoms with Crippen LogP contribution in [0.1, 0.15) is 24.9 Å². The molecule has 0 saturated carbocycles. The molecule has 2 aromatic carbocycles. The van der Waals surface area contributed by atoms with Crippen LogP contribution in [0.15, 0.2) is 54.6 Å². The number of hydrogen-bond donors (Lipinski definition) is 2. The molecular weight excluding hydrogens is 348 g/mol. The number of likely N-dealkylation sites (tertiary alicyclic amines) is 1. The van der Waals surface area contributed by atoms with Gasteiger partial charge in [0, 0.05) is 30.8 Å². The Morgan fingerprint density at radius 3 is 2.48 bits per heavy atom. The van der Waals surface area contributed by atoms with E-state index in [0.29, 0.717) is 12.2 Å². The molecule has 2 aromatic rings. The fourth-order valence-electron chi connectivity index (χ4n) is 3.13. The van der Waals surface area contributed by atoms with E-state index in [-0.39, 0.29) is 30.1 Å². The Bertz CT molecular complexity index is 839. The number of urea groups is 1. The number of nitrogens with zero attached hydrogens (tertiary/aromatic N) is 2. The molecule has 8 heteroatoms. The normalized spacial score (nSPS) is 17.4. The zero-order valence-electron chi connectivity index (χ0n) is 14.8. The molecule has 1 heterocycles. The average Bonchev–Trinajstić information content (AvgIpc) is 3.02. The molecular formula is C19H20N4O4. The first-order chi connectivity index (χ1) is 12.9. The van der Waals surface area contributed by atoms with Crippen LogP contribution in [-0.2, 0) is 4.79 Å². The van der Waals surface area contributed by atoms with Gasteiger partial charge in [0.2, 0.25) is 5.91 Å². The molecule has 1 saturated heterocycles. The summed E-state index contributed by atoms with van der Waals surface area (Å²) < 4.78 is 0. The van der Waals surface area contributed by atoms with Gasteiger partial charge < -0.3 is 15.5 Å². The number of amides is 3. The highest BCUT2D eigenvalue weighted by molar-refractivity contribution is 5.90. The molecule has 0 radical (unpaired) electrons. The summed E-state index contributed by atoms with van der Waals surface area (Å²) in [7, 11) is 0. The van der Waals surface area contributed by atoms with Crippen LogP contribution in [0.25, 0.3) is 0 Å². The summed E-state index contributed by atoms with van der Waals surface area (Å²) in [5.74, 6) is -0.00742. The van der Waals surface area contributed by atoms with E-state index in [4.69, 9.17) is 0 Å². The summed E-state index contributed by atoms with van der Waals surface area (Å²) in [6.45, 7) is 2.40. The summed E-state index contributed by atoms with van der Waals surface area (Å²) >= 11 is 0. The number of non-ortho nitro benzene ring substituents is 1. The summed E-state index contributed by atoms with van der Waals surface area (Å²) in [4.78, 5) is 36.4. The smallest absolute Gasteiger partial charge is 0.319 e. The Kier molecular flexibility index (Phi) is 5.35. The number of rotatable bonds is 5. The van der Waals surface area contributed by atoms with Gasteiger partial charge >= 0.3 is 6.03 Å². The second-order valence-electron chi connectivity index (χ2n) is 6.44. The molecule has 0 aliphatic carbocycles. The Morgan fingerprint density at radius 2 is 1.85 bits per heavy atom. The maximum absolute atomic E-state index is 12.3. The fraction of sp³-hybridized carbons (Fsp3) is 0.263. The van der Waals surface area contributed by atoms with E-state index < -0.39 is 11.0 Å². The van der Waals surface area contributed by atoms with Gasteiger partial charge in [-0.2, -0.15) is 0 Å². The van der Waals surface area contributed by atoms with Crippen LogP contribution in [0.2, 0.25) is 0 Å². The third-order valence-corrected chi connectivity index (χ3v) is 4.58. The van der Waals surface area contributed by atoms with Gasteiger partial charge in [-0.25, -0.2) is 4.79 Å². The molecule has 1 aliphatic rings. The van der Waals surface area contributed by atoms with Crippen molar-refractivity contribution in [1.82, 2.24) is 10.2 Å². The van der Waals surface area contributed by atoms with Crippen LogP contribution in [-0.4, -0.2) is 34.3 Å². The fourth-order valence-corrected chi connectivity index (χ4v) is 3.13. The van der Waals surface area contributed by atoms with Crippen LogP contribution in [0.5, 0.6) is 0 Å². The molecule has 1 aliphatic heterocycles. The minimum atomic E-state index is -0.503. The molecule has 0 bridgehead atoms. The van der Waals surface area contributed by atoms with Crippen molar-refractivity contribution in [3.8, 4) is 0 Å². The molecule has 2 N–H and O–H groups in total. The number of benzene rings is 2. The van der Waals surface area contributed by atoms with Crippen molar-refractivity contribution in [1.29, 1.82) is 0 Å². The van der Waals surface area contributed by atoms with E-state index in [1.165, 1.54) is 24.3 Å². The number of carbonyl (C=O) groups is 2. The van der Waals surface area contributed by atoms with Gasteiger partial charge in [0.05, 0.1) is 17.0 Å². The molecule has 3 amide bonds. The SMILES string of the molecule is CC(c1ccccc1)N1CC(NC(=O)Nc2ccc([N+](=O)[O-])cc2)CC1=O. The first-order valence-electron chi connectivity index (χ1n) is 8.60. The lowest BCUT2D eigenvalue weighted by atomic mass is 10.1. The highest BCUT2D eigenvalue weighted by Crippen LogP contribution is 2.25. The van der Waals surface area contributed by atoms with Crippen molar-refractivity contribution in [2.75, 3.05) is 11.9 Å². The number of anilines is 1. The van der Waals surface area contributed by atoms with E-state index >= 15 is 0 Å². The average molecular weight is 368 g/mol. The van der Waals surface area contributed by atoms with E-state index in [1.807, 2.05) is 37.3 Å². The lowest BCUT2D eigenvalue weighted by Gasteiger charge is -2.25. The Balaban J connectivity index is 1.56. The van der Waals surface area contributed by atoms with Crippen molar-refractivity contribution in [3.63, 3.8) is 0 Å². The van der Waals surface area contributed by atoms with Gasteiger partial charge in [-0.05, 0) is 24.6 Å². The molecule has 2 unspecified atom stereocenters. The van der Waals surface area contributed by atoms with E-state index in [2.05, 4.69) is 10.6 Å². The Hall–Kier alpha value is -3.42. The van der Waals surface area contributed by atoms with E-state index in [1.54, 1.807) is 4.90 Å². The van der Waals surface area contributed by atoms with Crippen LogP contribution in [0, 0.1) is 10.1 Å². The molecule has 1 fully saturated rings. The number of nitro groups is 1. The Morgan fingerprint density at radius 1 is 1.19 bits per heavy atom.